The van der Waals surface area contributed by atoms with Gasteiger partial charge in [-0.05, 0) is 20.3 Å². The van der Waals surface area contributed by atoms with Crippen LogP contribution >= 0.6 is 0 Å². The average Bonchev–Trinajstić information content (AvgIpc) is 3.05. The number of hydrogen-bond donors (Lipinski definition) is 1. The summed E-state index contributed by atoms with van der Waals surface area (Å²) in [6, 6.07) is 0.180. The molecular formula is C18H28F3N3O5. The second-order valence-electron chi connectivity index (χ2n) is 7.16. The Hall–Kier alpha value is -2.14. The van der Waals surface area contributed by atoms with Crippen LogP contribution in [0.25, 0.3) is 0 Å². The summed E-state index contributed by atoms with van der Waals surface area (Å²) in [6.07, 6.45) is -2.57. The summed E-state index contributed by atoms with van der Waals surface area (Å²) >= 11 is 0. The number of amides is 2. The molecule has 2 heterocycles. The van der Waals surface area contributed by atoms with Crippen LogP contribution < -0.4 is 0 Å². The number of hydrogen-bond acceptors (Lipinski definition) is 5. The lowest BCUT2D eigenvalue weighted by molar-refractivity contribution is -0.192. The Balaban J connectivity index is 0.000000516. The Morgan fingerprint density at radius 3 is 2.34 bits per heavy atom. The van der Waals surface area contributed by atoms with E-state index in [-0.39, 0.29) is 24.5 Å². The molecule has 0 radical (unpaired) electrons. The molecule has 2 fully saturated rings. The first-order chi connectivity index (χ1) is 13.4. The molecule has 11 heteroatoms. The monoisotopic (exact) mass is 423 g/mol. The van der Waals surface area contributed by atoms with Crippen molar-refractivity contribution in [3.63, 3.8) is 0 Å². The molecule has 2 aliphatic rings. The number of nitrogens with zero attached hydrogens (tertiary/aromatic N) is 3. The normalized spacial score (nSPS) is 22.7. The van der Waals surface area contributed by atoms with Crippen molar-refractivity contribution in [2.24, 2.45) is 0 Å². The highest BCUT2D eigenvalue weighted by Crippen LogP contribution is 2.33. The average molecular weight is 423 g/mol. The zero-order valence-electron chi connectivity index (χ0n) is 16.9. The molecular weight excluding hydrogens is 395 g/mol. The van der Waals surface area contributed by atoms with Crippen LogP contribution in [0.3, 0.4) is 0 Å². The van der Waals surface area contributed by atoms with Gasteiger partial charge in [-0.25, -0.2) is 4.79 Å². The van der Waals surface area contributed by atoms with Crippen LogP contribution in [0.5, 0.6) is 0 Å². The van der Waals surface area contributed by atoms with Gasteiger partial charge in [-0.3, -0.25) is 14.5 Å². The first-order valence-corrected chi connectivity index (χ1v) is 9.14. The zero-order valence-corrected chi connectivity index (χ0v) is 16.9. The molecule has 0 aromatic rings. The molecule has 1 spiro atoms. The quantitative estimate of drug-likeness (QED) is 0.663. The van der Waals surface area contributed by atoms with Gasteiger partial charge in [0.2, 0.25) is 11.8 Å². The maximum atomic E-state index is 13.1. The van der Waals surface area contributed by atoms with E-state index in [4.69, 9.17) is 14.6 Å². The molecule has 2 saturated heterocycles. The highest BCUT2D eigenvalue weighted by Gasteiger charge is 2.53. The molecule has 2 rings (SSSR count). The minimum atomic E-state index is -5.08. The number of carboxylic acids is 1. The molecule has 1 atom stereocenters. The third-order valence-electron chi connectivity index (χ3n) is 4.96. The number of methoxy groups -OCH3 is 1. The predicted octanol–water partition coefficient (Wildman–Crippen LogP) is 0.976. The first-order valence-electron chi connectivity index (χ1n) is 9.14. The number of carboxylic acid groups (broad SMARTS) is 1. The third-order valence-corrected chi connectivity index (χ3v) is 4.96. The summed E-state index contributed by atoms with van der Waals surface area (Å²) in [5.74, 6) is -2.66. The summed E-state index contributed by atoms with van der Waals surface area (Å²) in [4.78, 5) is 39.9. The summed E-state index contributed by atoms with van der Waals surface area (Å²) in [5, 5.41) is 7.12. The molecule has 0 aromatic heterocycles. The Kier molecular flexibility index (Phi) is 8.64. The largest absolute Gasteiger partial charge is 0.490 e. The van der Waals surface area contributed by atoms with Crippen molar-refractivity contribution in [3.8, 4) is 0 Å². The van der Waals surface area contributed by atoms with E-state index in [0.717, 1.165) is 13.1 Å². The van der Waals surface area contributed by atoms with E-state index in [1.807, 2.05) is 24.8 Å². The number of ether oxygens (including phenoxy) is 1. The lowest BCUT2D eigenvalue weighted by Gasteiger charge is -2.48. The van der Waals surface area contributed by atoms with E-state index in [1.165, 1.54) is 7.11 Å². The van der Waals surface area contributed by atoms with E-state index < -0.39 is 17.7 Å². The van der Waals surface area contributed by atoms with Crippen LogP contribution in [-0.4, -0.2) is 102 Å². The van der Waals surface area contributed by atoms with E-state index in [9.17, 15) is 22.8 Å². The summed E-state index contributed by atoms with van der Waals surface area (Å²) in [6.45, 7) is 11.2. The topological polar surface area (TPSA) is 90.4 Å². The zero-order chi connectivity index (χ0) is 22.4. The maximum Gasteiger partial charge on any atom is 0.490 e. The lowest BCUT2D eigenvalue weighted by Crippen LogP contribution is -2.68. The number of rotatable bonds is 5. The fraction of sp³-hybridized carbons (Fsp3) is 0.722. The second-order valence-corrected chi connectivity index (χ2v) is 7.16. The SMILES string of the molecule is C=CCN1CCN(C(C)C)C(=O)C12CCN(C(=O)COC)C2.O=C(O)C(F)(F)F. The number of likely N-dealkylation sites (tertiary alicyclic amines) is 1. The van der Waals surface area contributed by atoms with Crippen LogP contribution in [0.15, 0.2) is 12.7 Å². The summed E-state index contributed by atoms with van der Waals surface area (Å²) in [7, 11) is 1.51. The molecule has 2 amide bonds. The predicted molar refractivity (Wildman–Crippen MR) is 98.1 cm³/mol. The number of carbonyl (C=O) groups is 3. The van der Waals surface area contributed by atoms with Crippen molar-refractivity contribution in [1.82, 2.24) is 14.7 Å². The van der Waals surface area contributed by atoms with Crippen molar-refractivity contribution in [1.29, 1.82) is 0 Å². The van der Waals surface area contributed by atoms with Crippen LogP contribution in [-0.2, 0) is 19.1 Å². The minimum absolute atomic E-state index is 0.0487. The van der Waals surface area contributed by atoms with Gasteiger partial charge in [0.25, 0.3) is 0 Å². The maximum absolute atomic E-state index is 13.1. The molecule has 0 saturated carbocycles. The standard InChI is InChI=1S/C16H27N3O3.C2HF3O2/c1-5-7-18-9-10-19(13(2)3)15(21)16(18)6-8-17(12-16)14(20)11-22-4;3-2(4,5)1(6)7/h5,13H,1,6-12H2,2-4H3;(H,6,7). The lowest BCUT2D eigenvalue weighted by atomic mass is 9.90. The minimum Gasteiger partial charge on any atom is -0.475 e. The molecule has 29 heavy (non-hydrogen) atoms. The van der Waals surface area contributed by atoms with E-state index in [2.05, 4.69) is 11.5 Å². The van der Waals surface area contributed by atoms with Crippen LogP contribution in [0.4, 0.5) is 13.2 Å². The second kappa shape index (κ2) is 10.1. The van der Waals surface area contributed by atoms with Crippen LogP contribution in [0.2, 0.25) is 0 Å². The highest BCUT2D eigenvalue weighted by molar-refractivity contribution is 5.90. The number of carbonyl (C=O) groups excluding carboxylic acids is 2. The Morgan fingerprint density at radius 1 is 1.31 bits per heavy atom. The van der Waals surface area contributed by atoms with Gasteiger partial charge in [-0.1, -0.05) is 6.08 Å². The van der Waals surface area contributed by atoms with Gasteiger partial charge in [-0.2, -0.15) is 13.2 Å². The van der Waals surface area contributed by atoms with Crippen LogP contribution in [0, 0.1) is 0 Å². The van der Waals surface area contributed by atoms with Gasteiger partial charge >= 0.3 is 12.1 Å². The van der Waals surface area contributed by atoms with Crippen molar-refractivity contribution in [2.75, 3.05) is 46.4 Å². The van der Waals surface area contributed by atoms with Gasteiger partial charge in [0, 0.05) is 45.9 Å². The van der Waals surface area contributed by atoms with Crippen molar-refractivity contribution >= 4 is 17.8 Å². The number of halogens is 3. The first kappa shape index (κ1) is 24.9. The van der Waals surface area contributed by atoms with Gasteiger partial charge in [0.15, 0.2) is 0 Å². The number of piperazine rings is 1. The molecule has 0 aromatic carbocycles. The summed E-state index contributed by atoms with van der Waals surface area (Å²) in [5.41, 5.74) is -0.597. The van der Waals surface area contributed by atoms with E-state index in [1.54, 1.807) is 4.90 Å². The Bertz CT molecular complexity index is 626. The van der Waals surface area contributed by atoms with Crippen molar-refractivity contribution in [2.45, 2.75) is 38.0 Å². The molecule has 1 unspecified atom stereocenters. The van der Waals surface area contributed by atoms with Gasteiger partial charge in [-0.15, -0.1) is 6.58 Å². The van der Waals surface area contributed by atoms with Gasteiger partial charge in [0.1, 0.15) is 12.1 Å². The number of aliphatic carboxylic acids is 1. The van der Waals surface area contributed by atoms with Crippen molar-refractivity contribution in [3.05, 3.63) is 12.7 Å². The molecule has 166 valence electrons. The van der Waals surface area contributed by atoms with E-state index >= 15 is 0 Å². The fourth-order valence-electron chi connectivity index (χ4n) is 3.52. The molecule has 0 bridgehead atoms. The Labute approximate surface area is 167 Å². The van der Waals surface area contributed by atoms with Crippen molar-refractivity contribution < 1.29 is 37.4 Å². The van der Waals surface area contributed by atoms with E-state index in [0.29, 0.717) is 26.1 Å². The molecule has 1 N–H and O–H groups in total. The third kappa shape index (κ3) is 5.92. The van der Waals surface area contributed by atoms with Gasteiger partial charge < -0.3 is 19.6 Å². The smallest absolute Gasteiger partial charge is 0.475 e. The molecule has 8 nitrogen and oxygen atoms in total. The molecule has 0 aliphatic carbocycles. The Morgan fingerprint density at radius 2 is 1.90 bits per heavy atom. The summed E-state index contributed by atoms with van der Waals surface area (Å²) < 4.78 is 36.7. The highest BCUT2D eigenvalue weighted by atomic mass is 19.4. The molecule has 2 aliphatic heterocycles. The van der Waals surface area contributed by atoms with Crippen LogP contribution in [0.1, 0.15) is 20.3 Å². The fourth-order valence-corrected chi connectivity index (χ4v) is 3.52. The van der Waals surface area contributed by atoms with Gasteiger partial charge in [0.05, 0.1) is 0 Å². The number of alkyl halides is 3.